The lowest BCUT2D eigenvalue weighted by Gasteiger charge is -2.09. The molecular formula is C15H13N3OS. The Balaban J connectivity index is 2.27. The number of thiophene rings is 1. The zero-order chi connectivity index (χ0) is 14.1. The van der Waals surface area contributed by atoms with Crippen LogP contribution in [-0.4, -0.2) is 21.3 Å². The predicted octanol–water partition coefficient (Wildman–Crippen LogP) is 3.43. The number of aldehydes is 1. The fourth-order valence-corrected chi connectivity index (χ4v) is 2.90. The molecule has 3 aromatic rings. The van der Waals surface area contributed by atoms with Crippen molar-refractivity contribution in [3.63, 3.8) is 0 Å². The van der Waals surface area contributed by atoms with Crippen molar-refractivity contribution in [2.75, 3.05) is 0 Å². The van der Waals surface area contributed by atoms with Gasteiger partial charge in [-0.05, 0) is 42.5 Å². The summed E-state index contributed by atoms with van der Waals surface area (Å²) < 4.78 is 1.75. The van der Waals surface area contributed by atoms with E-state index in [1.54, 1.807) is 16.0 Å². The molecule has 100 valence electrons. The van der Waals surface area contributed by atoms with Gasteiger partial charge in [-0.1, -0.05) is 23.4 Å². The number of hydrogen-bond donors (Lipinski definition) is 0. The van der Waals surface area contributed by atoms with Gasteiger partial charge in [0.15, 0.2) is 12.0 Å². The van der Waals surface area contributed by atoms with Gasteiger partial charge in [0.2, 0.25) is 0 Å². The van der Waals surface area contributed by atoms with Crippen LogP contribution in [0.4, 0.5) is 0 Å². The number of aromatic nitrogens is 3. The second-order valence-corrected chi connectivity index (χ2v) is 5.57. The number of nitrogens with zero attached hydrogens (tertiary/aromatic N) is 3. The molecule has 20 heavy (non-hydrogen) atoms. The van der Waals surface area contributed by atoms with E-state index in [0.717, 1.165) is 33.7 Å². The van der Waals surface area contributed by atoms with Crippen LogP contribution in [0.25, 0.3) is 16.3 Å². The van der Waals surface area contributed by atoms with Gasteiger partial charge in [0.1, 0.15) is 5.69 Å². The van der Waals surface area contributed by atoms with Crippen LogP contribution >= 0.6 is 11.3 Å². The first kappa shape index (κ1) is 12.7. The summed E-state index contributed by atoms with van der Waals surface area (Å²) in [6.45, 7) is 4.06. The van der Waals surface area contributed by atoms with E-state index in [1.165, 1.54) is 0 Å². The minimum Gasteiger partial charge on any atom is -0.296 e. The molecule has 0 saturated carbocycles. The molecule has 0 radical (unpaired) electrons. The molecule has 1 aromatic carbocycles. The molecule has 0 spiro atoms. The smallest absolute Gasteiger partial charge is 0.172 e. The van der Waals surface area contributed by atoms with E-state index in [0.29, 0.717) is 5.69 Å². The first-order chi connectivity index (χ1) is 9.70. The van der Waals surface area contributed by atoms with Gasteiger partial charge in [-0.3, -0.25) is 4.79 Å². The molecule has 0 saturated heterocycles. The highest BCUT2D eigenvalue weighted by Crippen LogP contribution is 2.29. The van der Waals surface area contributed by atoms with Crippen LogP contribution in [0.15, 0.2) is 35.7 Å². The highest BCUT2D eigenvalue weighted by Gasteiger charge is 2.17. The lowest BCUT2D eigenvalue weighted by molar-refractivity contribution is 0.111. The number of carbonyl (C=O) groups excluding carboxylic acids is 1. The van der Waals surface area contributed by atoms with E-state index in [9.17, 15) is 4.79 Å². The largest absolute Gasteiger partial charge is 0.296 e. The lowest BCUT2D eigenvalue weighted by atomic mass is 10.1. The standard InChI is InChI=1S/C15H13N3OS/c1-10-5-6-11(2)13(8-10)18-15(12(9-19)16-17-18)14-4-3-7-20-14/h3-9H,1-2H3. The van der Waals surface area contributed by atoms with Crippen molar-refractivity contribution in [1.82, 2.24) is 15.0 Å². The Bertz CT molecular complexity index is 760. The average Bonchev–Trinajstić information content (AvgIpc) is 3.08. The number of benzene rings is 1. The highest BCUT2D eigenvalue weighted by atomic mass is 32.1. The maximum absolute atomic E-state index is 11.2. The third-order valence-electron chi connectivity index (χ3n) is 3.16. The summed E-state index contributed by atoms with van der Waals surface area (Å²) in [5.74, 6) is 0. The van der Waals surface area contributed by atoms with Gasteiger partial charge in [0.25, 0.3) is 0 Å². The number of hydrogen-bond acceptors (Lipinski definition) is 4. The second kappa shape index (κ2) is 5.02. The fourth-order valence-electron chi connectivity index (χ4n) is 2.13. The fraction of sp³-hybridized carbons (Fsp3) is 0.133. The molecule has 3 rings (SSSR count). The van der Waals surface area contributed by atoms with Gasteiger partial charge in [0, 0.05) is 0 Å². The summed E-state index contributed by atoms with van der Waals surface area (Å²) in [4.78, 5) is 12.2. The molecular weight excluding hydrogens is 270 g/mol. The van der Waals surface area contributed by atoms with Crippen LogP contribution in [0.3, 0.4) is 0 Å². The molecule has 4 nitrogen and oxygen atoms in total. The first-order valence-corrected chi connectivity index (χ1v) is 7.11. The minimum atomic E-state index is 0.369. The van der Waals surface area contributed by atoms with Crippen molar-refractivity contribution >= 4 is 17.6 Å². The van der Waals surface area contributed by atoms with Crippen LogP contribution in [-0.2, 0) is 0 Å². The van der Waals surface area contributed by atoms with E-state index < -0.39 is 0 Å². The summed E-state index contributed by atoms with van der Waals surface area (Å²) in [6, 6.07) is 10.1. The SMILES string of the molecule is Cc1ccc(C)c(-n2nnc(C=O)c2-c2cccs2)c1. The molecule has 0 atom stereocenters. The maximum atomic E-state index is 11.2. The third kappa shape index (κ3) is 2.06. The summed E-state index contributed by atoms with van der Waals surface area (Å²) in [5.41, 5.74) is 4.31. The summed E-state index contributed by atoms with van der Waals surface area (Å²) in [7, 11) is 0. The van der Waals surface area contributed by atoms with E-state index in [-0.39, 0.29) is 0 Å². The van der Waals surface area contributed by atoms with Crippen LogP contribution in [0, 0.1) is 13.8 Å². The number of carbonyl (C=O) groups is 1. The zero-order valence-corrected chi connectivity index (χ0v) is 12.0. The molecule has 2 heterocycles. The number of aryl methyl sites for hydroxylation is 2. The van der Waals surface area contributed by atoms with Crippen molar-refractivity contribution in [3.05, 3.63) is 52.5 Å². The van der Waals surface area contributed by atoms with Crippen LogP contribution in [0.1, 0.15) is 21.6 Å². The lowest BCUT2D eigenvalue weighted by Crippen LogP contribution is -2.02. The summed E-state index contributed by atoms with van der Waals surface area (Å²) in [6.07, 6.45) is 0.754. The molecule has 0 aliphatic carbocycles. The van der Waals surface area contributed by atoms with Crippen LogP contribution < -0.4 is 0 Å². The summed E-state index contributed by atoms with van der Waals surface area (Å²) >= 11 is 1.57. The zero-order valence-electron chi connectivity index (χ0n) is 11.2. The van der Waals surface area contributed by atoms with Gasteiger partial charge >= 0.3 is 0 Å². The molecule has 0 amide bonds. The van der Waals surface area contributed by atoms with Gasteiger partial charge in [-0.25, -0.2) is 4.68 Å². The Labute approximate surface area is 120 Å². The Hall–Kier alpha value is -2.27. The quantitative estimate of drug-likeness (QED) is 0.692. The van der Waals surface area contributed by atoms with Crippen molar-refractivity contribution < 1.29 is 4.79 Å². The van der Waals surface area contributed by atoms with Gasteiger partial charge < -0.3 is 0 Å². The molecule has 0 aliphatic heterocycles. The molecule has 0 bridgehead atoms. The Morgan fingerprint density at radius 3 is 2.80 bits per heavy atom. The van der Waals surface area contributed by atoms with E-state index in [2.05, 4.69) is 22.4 Å². The van der Waals surface area contributed by atoms with Gasteiger partial charge in [-0.15, -0.1) is 16.4 Å². The molecule has 2 aromatic heterocycles. The Morgan fingerprint density at radius 1 is 1.25 bits per heavy atom. The molecule has 5 heteroatoms. The molecule has 0 N–H and O–H groups in total. The highest BCUT2D eigenvalue weighted by molar-refractivity contribution is 7.13. The van der Waals surface area contributed by atoms with Crippen molar-refractivity contribution in [2.45, 2.75) is 13.8 Å². The maximum Gasteiger partial charge on any atom is 0.172 e. The third-order valence-corrected chi connectivity index (χ3v) is 4.03. The molecule has 0 unspecified atom stereocenters. The minimum absolute atomic E-state index is 0.369. The van der Waals surface area contributed by atoms with E-state index >= 15 is 0 Å². The van der Waals surface area contributed by atoms with Crippen LogP contribution in [0.2, 0.25) is 0 Å². The second-order valence-electron chi connectivity index (χ2n) is 4.62. The topological polar surface area (TPSA) is 47.8 Å². The summed E-state index contributed by atoms with van der Waals surface area (Å²) in [5, 5.41) is 10.1. The van der Waals surface area contributed by atoms with E-state index in [1.807, 2.05) is 37.4 Å². The Morgan fingerprint density at radius 2 is 2.10 bits per heavy atom. The van der Waals surface area contributed by atoms with Crippen molar-refractivity contribution in [1.29, 1.82) is 0 Å². The Kier molecular flexibility index (Phi) is 3.20. The molecule has 0 fully saturated rings. The number of rotatable bonds is 3. The van der Waals surface area contributed by atoms with E-state index in [4.69, 9.17) is 0 Å². The average molecular weight is 283 g/mol. The normalized spacial score (nSPS) is 10.7. The van der Waals surface area contributed by atoms with Gasteiger partial charge in [0.05, 0.1) is 10.6 Å². The first-order valence-electron chi connectivity index (χ1n) is 6.23. The monoisotopic (exact) mass is 283 g/mol. The molecule has 0 aliphatic rings. The van der Waals surface area contributed by atoms with Gasteiger partial charge in [-0.2, -0.15) is 0 Å². The van der Waals surface area contributed by atoms with Crippen LogP contribution in [0.5, 0.6) is 0 Å². The predicted molar refractivity (Wildman–Crippen MR) is 79.5 cm³/mol. The van der Waals surface area contributed by atoms with Crippen molar-refractivity contribution in [3.8, 4) is 16.3 Å². The van der Waals surface area contributed by atoms with Crippen molar-refractivity contribution in [2.24, 2.45) is 0 Å².